The van der Waals surface area contributed by atoms with Gasteiger partial charge >= 0.3 is 5.69 Å². The fourth-order valence-corrected chi connectivity index (χ4v) is 1.69. The Morgan fingerprint density at radius 2 is 2.00 bits per heavy atom. The van der Waals surface area contributed by atoms with E-state index < -0.39 is 0 Å². The largest absolute Gasteiger partial charge is 0.328 e. The Morgan fingerprint density at radius 3 is 2.65 bits per heavy atom. The molecule has 0 aliphatic rings. The van der Waals surface area contributed by atoms with Crippen molar-refractivity contribution in [2.45, 2.75) is 26.4 Å². The third-order valence-corrected chi connectivity index (χ3v) is 2.60. The molecule has 0 radical (unpaired) electrons. The predicted octanol–water partition coefficient (Wildman–Crippen LogP) is 1.55. The van der Waals surface area contributed by atoms with E-state index in [2.05, 4.69) is 10.2 Å². The van der Waals surface area contributed by atoms with E-state index in [1.807, 2.05) is 6.92 Å². The summed E-state index contributed by atoms with van der Waals surface area (Å²) >= 11 is 5.65. The van der Waals surface area contributed by atoms with Crippen molar-refractivity contribution in [1.82, 2.24) is 19.3 Å². The van der Waals surface area contributed by atoms with Crippen LogP contribution in [0.25, 0.3) is 0 Å². The van der Waals surface area contributed by atoms with Crippen LogP contribution in [0.5, 0.6) is 0 Å². The summed E-state index contributed by atoms with van der Waals surface area (Å²) in [7, 11) is 0. The highest BCUT2D eigenvalue weighted by Crippen LogP contribution is 2.03. The second-order valence-electron chi connectivity index (χ2n) is 3.75. The quantitative estimate of drug-likeness (QED) is 0.830. The molecule has 0 N–H and O–H groups in total. The third kappa shape index (κ3) is 2.74. The first kappa shape index (κ1) is 11.9. The van der Waals surface area contributed by atoms with E-state index in [1.54, 1.807) is 33.7 Å². The number of hydrogen-bond acceptors (Lipinski definition) is 3. The molecule has 2 rings (SSSR count). The molecule has 0 aliphatic heterocycles. The highest BCUT2D eigenvalue weighted by molar-refractivity contribution is 6.29. The van der Waals surface area contributed by atoms with Crippen LogP contribution in [0.4, 0.5) is 0 Å². The second-order valence-corrected chi connectivity index (χ2v) is 4.14. The molecule has 0 fully saturated rings. The lowest BCUT2D eigenvalue weighted by atomic mass is 10.4. The van der Waals surface area contributed by atoms with E-state index in [4.69, 9.17) is 11.6 Å². The lowest BCUT2D eigenvalue weighted by Gasteiger charge is -2.00. The molecule has 2 aromatic rings. The average Bonchev–Trinajstić information content (AvgIpc) is 2.65. The van der Waals surface area contributed by atoms with E-state index in [0.29, 0.717) is 17.4 Å². The predicted molar refractivity (Wildman–Crippen MR) is 65.1 cm³/mol. The summed E-state index contributed by atoms with van der Waals surface area (Å²) in [5, 5.41) is 8.01. The average molecular weight is 253 g/mol. The Morgan fingerprint density at radius 1 is 1.24 bits per heavy atom. The standard InChI is InChI=1S/C11H13ClN4O/c1-2-5-15-6-7-16(11(15)17)8-9-3-4-10(12)14-13-9/h3-4,6-7H,2,5,8H2,1H3. The summed E-state index contributed by atoms with van der Waals surface area (Å²) in [4.78, 5) is 11.9. The molecule has 2 heterocycles. The molecular weight excluding hydrogens is 240 g/mol. The summed E-state index contributed by atoms with van der Waals surface area (Å²) in [5.41, 5.74) is 0.689. The van der Waals surface area contributed by atoms with Gasteiger partial charge in [-0.15, -0.1) is 5.10 Å². The van der Waals surface area contributed by atoms with Gasteiger partial charge in [-0.3, -0.25) is 9.13 Å². The van der Waals surface area contributed by atoms with Crippen LogP contribution in [0.1, 0.15) is 19.0 Å². The van der Waals surface area contributed by atoms with Gasteiger partial charge in [0.2, 0.25) is 0 Å². The molecule has 0 spiro atoms. The SMILES string of the molecule is CCCn1ccn(Cc2ccc(Cl)nn2)c1=O. The topological polar surface area (TPSA) is 52.7 Å². The van der Waals surface area contributed by atoms with Crippen LogP contribution in [-0.4, -0.2) is 19.3 Å². The number of nitrogens with zero attached hydrogens (tertiary/aromatic N) is 4. The second kappa shape index (κ2) is 5.14. The Bertz CT molecular complexity index is 543. The molecule has 0 amide bonds. The molecular formula is C11H13ClN4O. The Labute approximate surface area is 104 Å². The van der Waals surface area contributed by atoms with Crippen molar-refractivity contribution in [3.8, 4) is 0 Å². The van der Waals surface area contributed by atoms with Gasteiger partial charge in [0.05, 0.1) is 12.2 Å². The molecule has 0 atom stereocenters. The monoisotopic (exact) mass is 252 g/mol. The molecule has 0 saturated heterocycles. The molecule has 2 aromatic heterocycles. The summed E-state index contributed by atoms with van der Waals surface area (Å²) in [5.74, 6) is 0. The van der Waals surface area contributed by atoms with Crippen molar-refractivity contribution in [1.29, 1.82) is 0 Å². The fraction of sp³-hybridized carbons (Fsp3) is 0.364. The molecule has 0 bridgehead atoms. The zero-order valence-corrected chi connectivity index (χ0v) is 10.3. The minimum atomic E-state index is -0.0244. The first-order valence-corrected chi connectivity index (χ1v) is 5.82. The van der Waals surface area contributed by atoms with Gasteiger partial charge < -0.3 is 0 Å². The molecule has 6 heteroatoms. The van der Waals surface area contributed by atoms with Crippen molar-refractivity contribution in [2.75, 3.05) is 0 Å². The minimum Gasteiger partial charge on any atom is -0.299 e. The zero-order chi connectivity index (χ0) is 12.3. The van der Waals surface area contributed by atoms with E-state index in [9.17, 15) is 4.79 Å². The summed E-state index contributed by atoms with van der Waals surface area (Å²) in [6.07, 6.45) is 4.48. The van der Waals surface area contributed by atoms with E-state index >= 15 is 0 Å². The van der Waals surface area contributed by atoms with Crippen molar-refractivity contribution >= 4 is 11.6 Å². The Hall–Kier alpha value is -1.62. The van der Waals surface area contributed by atoms with Crippen LogP contribution in [0, 0.1) is 0 Å². The van der Waals surface area contributed by atoms with Crippen LogP contribution in [0.15, 0.2) is 29.3 Å². The zero-order valence-electron chi connectivity index (χ0n) is 9.51. The summed E-state index contributed by atoms with van der Waals surface area (Å²) in [6, 6.07) is 3.43. The number of aromatic nitrogens is 4. The Kier molecular flexibility index (Phi) is 3.58. The van der Waals surface area contributed by atoms with Gasteiger partial charge in [0.1, 0.15) is 0 Å². The Balaban J connectivity index is 2.19. The van der Waals surface area contributed by atoms with Crippen LogP contribution in [-0.2, 0) is 13.1 Å². The molecule has 0 saturated carbocycles. The molecule has 0 aliphatic carbocycles. The number of hydrogen-bond donors (Lipinski definition) is 0. The van der Waals surface area contributed by atoms with E-state index in [-0.39, 0.29) is 5.69 Å². The van der Waals surface area contributed by atoms with Gasteiger partial charge in [-0.1, -0.05) is 18.5 Å². The normalized spacial score (nSPS) is 10.7. The van der Waals surface area contributed by atoms with Crippen LogP contribution in [0.3, 0.4) is 0 Å². The van der Waals surface area contributed by atoms with E-state index in [1.165, 1.54) is 0 Å². The lowest BCUT2D eigenvalue weighted by molar-refractivity contribution is 0.619. The molecule has 17 heavy (non-hydrogen) atoms. The lowest BCUT2D eigenvalue weighted by Crippen LogP contribution is -2.24. The summed E-state index contributed by atoms with van der Waals surface area (Å²) < 4.78 is 3.29. The summed E-state index contributed by atoms with van der Waals surface area (Å²) in [6.45, 7) is 3.19. The van der Waals surface area contributed by atoms with Crippen molar-refractivity contribution in [3.63, 3.8) is 0 Å². The molecule has 90 valence electrons. The molecule has 0 unspecified atom stereocenters. The minimum absolute atomic E-state index is 0.0244. The third-order valence-electron chi connectivity index (χ3n) is 2.40. The maximum Gasteiger partial charge on any atom is 0.328 e. The maximum absolute atomic E-state index is 11.9. The van der Waals surface area contributed by atoms with Crippen LogP contribution >= 0.6 is 11.6 Å². The van der Waals surface area contributed by atoms with Crippen LogP contribution < -0.4 is 5.69 Å². The number of halogens is 1. The van der Waals surface area contributed by atoms with Crippen molar-refractivity contribution < 1.29 is 0 Å². The fourth-order valence-electron chi connectivity index (χ4n) is 1.59. The smallest absolute Gasteiger partial charge is 0.299 e. The van der Waals surface area contributed by atoms with E-state index in [0.717, 1.165) is 13.0 Å². The highest BCUT2D eigenvalue weighted by Gasteiger charge is 2.04. The van der Waals surface area contributed by atoms with Crippen molar-refractivity contribution in [3.05, 3.63) is 45.9 Å². The number of rotatable bonds is 4. The number of aryl methyl sites for hydroxylation is 1. The van der Waals surface area contributed by atoms with Gasteiger partial charge in [-0.05, 0) is 18.6 Å². The first-order valence-electron chi connectivity index (χ1n) is 5.44. The van der Waals surface area contributed by atoms with Gasteiger partial charge in [-0.2, -0.15) is 5.10 Å². The first-order chi connectivity index (χ1) is 8.20. The highest BCUT2D eigenvalue weighted by atomic mass is 35.5. The molecule has 5 nitrogen and oxygen atoms in total. The van der Waals surface area contributed by atoms with Gasteiger partial charge in [-0.25, -0.2) is 4.79 Å². The van der Waals surface area contributed by atoms with Gasteiger partial charge in [0, 0.05) is 18.9 Å². The van der Waals surface area contributed by atoms with Crippen molar-refractivity contribution in [2.24, 2.45) is 0 Å². The maximum atomic E-state index is 11.9. The number of imidazole rings is 1. The molecule has 0 aromatic carbocycles. The van der Waals surface area contributed by atoms with Crippen LogP contribution in [0.2, 0.25) is 5.15 Å². The van der Waals surface area contributed by atoms with Gasteiger partial charge in [0.15, 0.2) is 5.15 Å². The van der Waals surface area contributed by atoms with Gasteiger partial charge in [0.25, 0.3) is 0 Å².